The molecule has 2 amide bonds. The van der Waals surface area contributed by atoms with E-state index in [1.54, 1.807) is 11.0 Å². The Hall–Kier alpha value is -2.50. The van der Waals surface area contributed by atoms with Crippen molar-refractivity contribution >= 4 is 17.7 Å². The first-order valence-corrected chi connectivity index (χ1v) is 6.42. The van der Waals surface area contributed by atoms with Gasteiger partial charge in [0.05, 0.1) is 0 Å². The molecule has 1 aromatic rings. The van der Waals surface area contributed by atoms with Crippen LogP contribution >= 0.6 is 0 Å². The number of nitrogens with zero attached hydrogens (tertiary/aromatic N) is 1. The van der Waals surface area contributed by atoms with E-state index in [4.69, 9.17) is 5.11 Å². The van der Waals surface area contributed by atoms with Gasteiger partial charge in [-0.2, -0.15) is 0 Å². The Morgan fingerprint density at radius 2 is 2.00 bits per heavy atom. The van der Waals surface area contributed by atoms with Gasteiger partial charge in [0.25, 0.3) is 0 Å². The number of phenols is 1. The Kier molecular flexibility index (Phi) is 4.97. The van der Waals surface area contributed by atoms with Gasteiger partial charge in [-0.15, -0.1) is 6.58 Å². The Morgan fingerprint density at radius 3 is 2.48 bits per heavy atom. The van der Waals surface area contributed by atoms with Gasteiger partial charge in [0, 0.05) is 17.8 Å². The summed E-state index contributed by atoms with van der Waals surface area (Å²) in [6.45, 7) is 9.63. The van der Waals surface area contributed by atoms with E-state index in [0.29, 0.717) is 12.2 Å². The third kappa shape index (κ3) is 4.24. The maximum Gasteiger partial charge on any atom is 0.339 e. The van der Waals surface area contributed by atoms with Crippen molar-refractivity contribution in [3.05, 3.63) is 36.4 Å². The number of aromatic hydroxyl groups is 1. The molecular formula is C15H20N2O4. The third-order valence-corrected chi connectivity index (χ3v) is 2.84. The van der Waals surface area contributed by atoms with Crippen LogP contribution in [0.3, 0.4) is 0 Å². The fourth-order valence-corrected chi connectivity index (χ4v) is 1.77. The van der Waals surface area contributed by atoms with Crippen LogP contribution in [-0.2, 0) is 0 Å². The van der Waals surface area contributed by atoms with E-state index in [0.717, 1.165) is 0 Å². The van der Waals surface area contributed by atoms with Crippen molar-refractivity contribution in [1.29, 1.82) is 0 Å². The number of carboxylic acid groups (broad SMARTS) is 1. The van der Waals surface area contributed by atoms with E-state index >= 15 is 0 Å². The predicted octanol–water partition coefficient (Wildman–Crippen LogP) is 2.91. The molecular weight excluding hydrogens is 272 g/mol. The van der Waals surface area contributed by atoms with E-state index in [1.165, 1.54) is 18.2 Å². The number of urea groups is 1. The van der Waals surface area contributed by atoms with Crippen LogP contribution in [0.25, 0.3) is 0 Å². The Labute approximate surface area is 123 Å². The molecule has 0 atom stereocenters. The van der Waals surface area contributed by atoms with Crippen LogP contribution in [0.15, 0.2) is 30.9 Å². The summed E-state index contributed by atoms with van der Waals surface area (Å²) in [5.41, 5.74) is -0.377. The average molecular weight is 292 g/mol. The van der Waals surface area contributed by atoms with Crippen molar-refractivity contribution in [2.24, 2.45) is 0 Å². The third-order valence-electron chi connectivity index (χ3n) is 2.84. The van der Waals surface area contributed by atoms with Gasteiger partial charge in [-0.25, -0.2) is 9.59 Å². The van der Waals surface area contributed by atoms with E-state index in [1.807, 2.05) is 20.8 Å². The molecule has 0 radical (unpaired) electrons. The molecule has 6 heteroatoms. The quantitative estimate of drug-likeness (QED) is 0.588. The molecule has 0 saturated carbocycles. The fourth-order valence-electron chi connectivity index (χ4n) is 1.77. The Balaban J connectivity index is 2.99. The van der Waals surface area contributed by atoms with Crippen LogP contribution in [-0.4, -0.2) is 39.2 Å². The van der Waals surface area contributed by atoms with Crippen LogP contribution in [0, 0.1) is 0 Å². The highest BCUT2D eigenvalue weighted by molar-refractivity contribution is 5.95. The molecule has 114 valence electrons. The number of hydrogen-bond donors (Lipinski definition) is 3. The SMILES string of the molecule is C=CCN(C(=O)Nc1ccc(O)c(C(=O)O)c1)C(C)(C)C. The summed E-state index contributed by atoms with van der Waals surface area (Å²) in [5.74, 6) is -1.61. The standard InChI is InChI=1S/C15H20N2O4/c1-5-8-17(15(2,3)4)14(21)16-10-6-7-12(18)11(9-10)13(19)20/h5-7,9,18H,1,8H2,2-4H3,(H,16,21)(H,19,20). The number of carbonyl (C=O) groups excluding carboxylic acids is 1. The van der Waals surface area contributed by atoms with E-state index in [-0.39, 0.29) is 17.3 Å². The van der Waals surface area contributed by atoms with Crippen LogP contribution in [0.5, 0.6) is 5.75 Å². The summed E-state index contributed by atoms with van der Waals surface area (Å²) < 4.78 is 0. The van der Waals surface area contributed by atoms with Crippen LogP contribution in [0.2, 0.25) is 0 Å². The van der Waals surface area contributed by atoms with Crippen molar-refractivity contribution < 1.29 is 19.8 Å². The lowest BCUT2D eigenvalue weighted by molar-refractivity contribution is 0.0693. The molecule has 0 unspecified atom stereocenters. The summed E-state index contributed by atoms with van der Waals surface area (Å²) in [6, 6.07) is 3.51. The lowest BCUT2D eigenvalue weighted by Gasteiger charge is -2.34. The molecule has 0 fully saturated rings. The second-order valence-electron chi connectivity index (χ2n) is 5.54. The number of amides is 2. The zero-order valence-electron chi connectivity index (χ0n) is 12.4. The van der Waals surface area contributed by atoms with Crippen LogP contribution < -0.4 is 5.32 Å². The van der Waals surface area contributed by atoms with Gasteiger partial charge in [0.15, 0.2) is 0 Å². The monoisotopic (exact) mass is 292 g/mol. The van der Waals surface area contributed by atoms with Crippen molar-refractivity contribution in [3.8, 4) is 5.75 Å². The lowest BCUT2D eigenvalue weighted by Crippen LogP contribution is -2.47. The van der Waals surface area contributed by atoms with Gasteiger partial charge in [-0.1, -0.05) is 6.08 Å². The summed E-state index contributed by atoms with van der Waals surface area (Å²) >= 11 is 0. The number of rotatable bonds is 4. The van der Waals surface area contributed by atoms with Crippen molar-refractivity contribution in [2.45, 2.75) is 26.3 Å². The summed E-state index contributed by atoms with van der Waals surface area (Å²) in [7, 11) is 0. The smallest absolute Gasteiger partial charge is 0.339 e. The Bertz CT molecular complexity index is 561. The second kappa shape index (κ2) is 6.30. The second-order valence-corrected chi connectivity index (χ2v) is 5.54. The first kappa shape index (κ1) is 16.6. The molecule has 0 aliphatic carbocycles. The molecule has 21 heavy (non-hydrogen) atoms. The summed E-state index contributed by atoms with van der Waals surface area (Å²) in [6.07, 6.45) is 1.62. The summed E-state index contributed by atoms with van der Waals surface area (Å²) in [4.78, 5) is 24.8. The molecule has 0 heterocycles. The largest absolute Gasteiger partial charge is 0.507 e. The molecule has 0 bridgehead atoms. The highest BCUT2D eigenvalue weighted by atomic mass is 16.4. The predicted molar refractivity (Wildman–Crippen MR) is 80.7 cm³/mol. The van der Waals surface area contributed by atoms with Crippen LogP contribution in [0.4, 0.5) is 10.5 Å². The number of carboxylic acids is 1. The van der Waals surface area contributed by atoms with Crippen LogP contribution in [0.1, 0.15) is 31.1 Å². The minimum atomic E-state index is -1.26. The van der Waals surface area contributed by atoms with Crippen molar-refractivity contribution in [3.63, 3.8) is 0 Å². The fraction of sp³-hybridized carbons (Fsp3) is 0.333. The van der Waals surface area contributed by atoms with Gasteiger partial charge >= 0.3 is 12.0 Å². The first-order chi connectivity index (χ1) is 9.66. The lowest BCUT2D eigenvalue weighted by atomic mass is 10.1. The number of carbonyl (C=O) groups is 2. The normalized spacial score (nSPS) is 10.8. The number of hydrogen-bond acceptors (Lipinski definition) is 3. The molecule has 0 saturated heterocycles. The van der Waals surface area contributed by atoms with E-state index < -0.39 is 11.5 Å². The number of aromatic carboxylic acids is 1. The molecule has 6 nitrogen and oxygen atoms in total. The summed E-state index contributed by atoms with van der Waals surface area (Å²) in [5, 5.41) is 21.0. The number of benzene rings is 1. The van der Waals surface area contributed by atoms with E-state index in [2.05, 4.69) is 11.9 Å². The zero-order valence-corrected chi connectivity index (χ0v) is 12.4. The molecule has 0 aliphatic rings. The molecule has 3 N–H and O–H groups in total. The zero-order chi connectivity index (χ0) is 16.2. The molecule has 0 aromatic heterocycles. The van der Waals surface area contributed by atoms with Gasteiger partial charge in [-0.3, -0.25) is 0 Å². The highest BCUT2D eigenvalue weighted by Gasteiger charge is 2.25. The van der Waals surface area contributed by atoms with Gasteiger partial charge < -0.3 is 20.4 Å². The van der Waals surface area contributed by atoms with Gasteiger partial charge in [0.2, 0.25) is 0 Å². The maximum absolute atomic E-state index is 12.3. The first-order valence-electron chi connectivity index (χ1n) is 6.42. The maximum atomic E-state index is 12.3. The molecule has 0 aliphatic heterocycles. The number of nitrogens with one attached hydrogen (secondary N) is 1. The highest BCUT2D eigenvalue weighted by Crippen LogP contribution is 2.22. The van der Waals surface area contributed by atoms with E-state index in [9.17, 15) is 14.7 Å². The molecule has 1 rings (SSSR count). The molecule has 1 aromatic carbocycles. The van der Waals surface area contributed by atoms with Crippen molar-refractivity contribution in [2.75, 3.05) is 11.9 Å². The minimum absolute atomic E-state index is 0.265. The Morgan fingerprint density at radius 1 is 1.38 bits per heavy atom. The average Bonchev–Trinajstić information content (AvgIpc) is 2.36. The van der Waals surface area contributed by atoms with Gasteiger partial charge in [-0.05, 0) is 39.0 Å². The minimum Gasteiger partial charge on any atom is -0.507 e. The van der Waals surface area contributed by atoms with Gasteiger partial charge in [0.1, 0.15) is 11.3 Å². The topological polar surface area (TPSA) is 89.9 Å². The van der Waals surface area contributed by atoms with Crippen molar-refractivity contribution in [1.82, 2.24) is 4.90 Å². The number of anilines is 1. The molecule has 0 spiro atoms.